The molecular weight excluding hydrogens is 380 g/mol. The fraction of sp³-hybridized carbons (Fsp3) is 0.333. The molecule has 6 nitrogen and oxygen atoms in total. The van der Waals surface area contributed by atoms with Crippen LogP contribution in [0.1, 0.15) is 27.1 Å². The molecule has 0 radical (unpaired) electrons. The minimum absolute atomic E-state index is 0.161. The first-order chi connectivity index (χ1) is 14.0. The average molecular weight is 404 g/mol. The molecule has 8 heteroatoms. The second kappa shape index (κ2) is 10.1. The Balaban J connectivity index is 1.57. The molecule has 154 valence electrons. The lowest BCUT2D eigenvalue weighted by molar-refractivity contribution is -0.908. The smallest absolute Gasteiger partial charge is 0.255 e. The van der Waals surface area contributed by atoms with E-state index in [-0.39, 0.29) is 22.7 Å². The molecule has 2 aromatic rings. The van der Waals surface area contributed by atoms with Crippen molar-refractivity contribution in [3.63, 3.8) is 0 Å². The number of para-hydroxylation sites is 1. The van der Waals surface area contributed by atoms with E-state index in [1.54, 1.807) is 24.3 Å². The minimum atomic E-state index is -0.844. The van der Waals surface area contributed by atoms with Crippen LogP contribution in [-0.2, 0) is 4.74 Å². The predicted molar refractivity (Wildman–Crippen MR) is 104 cm³/mol. The van der Waals surface area contributed by atoms with Gasteiger partial charge in [0.2, 0.25) is 0 Å². The number of nitrogens with one attached hydrogen (secondary N) is 3. The van der Waals surface area contributed by atoms with Gasteiger partial charge in [0.05, 0.1) is 31.0 Å². The molecule has 0 atom stereocenters. The lowest BCUT2D eigenvalue weighted by Gasteiger charge is -2.23. The number of ether oxygens (including phenoxy) is 1. The highest BCUT2D eigenvalue weighted by Gasteiger charge is 2.16. The zero-order valence-corrected chi connectivity index (χ0v) is 16.0. The Labute approximate surface area is 167 Å². The molecule has 0 aromatic heterocycles. The normalized spacial score (nSPS) is 14.4. The molecule has 3 N–H and O–H groups in total. The molecule has 0 spiro atoms. The molecule has 1 saturated heterocycles. The van der Waals surface area contributed by atoms with Crippen LogP contribution in [0, 0.1) is 11.6 Å². The van der Waals surface area contributed by atoms with Crippen molar-refractivity contribution in [2.75, 3.05) is 44.7 Å². The quantitative estimate of drug-likeness (QED) is 0.609. The Bertz CT molecular complexity index is 850. The van der Waals surface area contributed by atoms with Crippen LogP contribution < -0.4 is 15.5 Å². The van der Waals surface area contributed by atoms with Crippen molar-refractivity contribution in [2.24, 2.45) is 0 Å². The van der Waals surface area contributed by atoms with Crippen molar-refractivity contribution in [1.82, 2.24) is 5.32 Å². The van der Waals surface area contributed by atoms with Crippen molar-refractivity contribution < 1.29 is 28.0 Å². The van der Waals surface area contributed by atoms with E-state index in [1.807, 2.05) is 0 Å². The molecule has 3 rings (SSSR count). The number of morpholine rings is 1. The number of rotatable bonds is 7. The number of anilines is 1. The molecule has 1 aliphatic heterocycles. The van der Waals surface area contributed by atoms with E-state index in [9.17, 15) is 18.4 Å². The highest BCUT2D eigenvalue weighted by atomic mass is 19.1. The van der Waals surface area contributed by atoms with Crippen molar-refractivity contribution >= 4 is 17.5 Å². The fourth-order valence-electron chi connectivity index (χ4n) is 3.22. The zero-order valence-electron chi connectivity index (χ0n) is 16.0. The molecule has 0 aliphatic carbocycles. The van der Waals surface area contributed by atoms with Gasteiger partial charge in [0.1, 0.15) is 24.7 Å². The maximum Gasteiger partial charge on any atom is 0.255 e. The molecule has 0 unspecified atom stereocenters. The number of hydrogen-bond donors (Lipinski definition) is 3. The van der Waals surface area contributed by atoms with Crippen LogP contribution in [-0.4, -0.2) is 51.2 Å². The van der Waals surface area contributed by atoms with Gasteiger partial charge in [-0.25, -0.2) is 8.78 Å². The van der Waals surface area contributed by atoms with Gasteiger partial charge in [0.25, 0.3) is 11.8 Å². The number of carbonyl (C=O) groups excluding carboxylic acids is 2. The van der Waals surface area contributed by atoms with E-state index < -0.39 is 17.5 Å². The third kappa shape index (κ3) is 6.07. The molecule has 1 aliphatic rings. The summed E-state index contributed by atoms with van der Waals surface area (Å²) in [5.41, 5.74) is 0.404. The number of hydrogen-bond acceptors (Lipinski definition) is 3. The van der Waals surface area contributed by atoms with Crippen molar-refractivity contribution in [2.45, 2.75) is 6.42 Å². The summed E-state index contributed by atoms with van der Waals surface area (Å²) in [5, 5.41) is 5.41. The van der Waals surface area contributed by atoms with Gasteiger partial charge in [-0.1, -0.05) is 12.1 Å². The number of amides is 2. The lowest BCUT2D eigenvalue weighted by atomic mass is 10.1. The topological polar surface area (TPSA) is 71.9 Å². The summed E-state index contributed by atoms with van der Waals surface area (Å²) in [6, 6.07) is 9.08. The summed E-state index contributed by atoms with van der Waals surface area (Å²) < 4.78 is 32.0. The Hall–Kier alpha value is -2.84. The minimum Gasteiger partial charge on any atom is -0.370 e. The van der Waals surface area contributed by atoms with Gasteiger partial charge < -0.3 is 20.3 Å². The zero-order chi connectivity index (χ0) is 20.6. The van der Waals surface area contributed by atoms with E-state index in [1.165, 1.54) is 4.90 Å². The van der Waals surface area contributed by atoms with Crippen LogP contribution >= 0.6 is 0 Å². The van der Waals surface area contributed by atoms with E-state index in [2.05, 4.69) is 10.6 Å². The molecule has 1 heterocycles. The molecule has 2 aromatic carbocycles. The van der Waals surface area contributed by atoms with Crippen molar-refractivity contribution in [3.8, 4) is 0 Å². The molecule has 2 amide bonds. The van der Waals surface area contributed by atoms with E-state index >= 15 is 0 Å². The predicted octanol–water partition coefficient (Wildman–Crippen LogP) is 1.25. The maximum absolute atomic E-state index is 13.3. The number of halogens is 2. The van der Waals surface area contributed by atoms with Gasteiger partial charge >= 0.3 is 0 Å². The number of benzene rings is 2. The van der Waals surface area contributed by atoms with Crippen LogP contribution in [0.3, 0.4) is 0 Å². The summed E-state index contributed by atoms with van der Waals surface area (Å²) in [7, 11) is 0. The van der Waals surface area contributed by atoms with Crippen LogP contribution in [0.2, 0.25) is 0 Å². The van der Waals surface area contributed by atoms with Gasteiger partial charge in [-0.15, -0.1) is 0 Å². The average Bonchev–Trinajstić information content (AvgIpc) is 2.71. The van der Waals surface area contributed by atoms with Gasteiger partial charge in [0, 0.05) is 24.6 Å². The highest BCUT2D eigenvalue weighted by molar-refractivity contribution is 6.09. The number of carbonyl (C=O) groups is 2. The second-order valence-electron chi connectivity index (χ2n) is 6.88. The Morgan fingerprint density at radius 2 is 1.69 bits per heavy atom. The maximum atomic E-state index is 13.3. The number of quaternary nitrogens is 1. The van der Waals surface area contributed by atoms with Crippen molar-refractivity contribution in [3.05, 3.63) is 65.2 Å². The van der Waals surface area contributed by atoms with Crippen molar-refractivity contribution in [1.29, 1.82) is 0 Å². The van der Waals surface area contributed by atoms with Gasteiger partial charge in [-0.2, -0.15) is 0 Å². The van der Waals surface area contributed by atoms with Gasteiger partial charge in [-0.3, -0.25) is 9.59 Å². The van der Waals surface area contributed by atoms with E-state index in [0.29, 0.717) is 12.6 Å². The summed E-state index contributed by atoms with van der Waals surface area (Å²) in [4.78, 5) is 26.3. The summed E-state index contributed by atoms with van der Waals surface area (Å²) >= 11 is 0. The fourth-order valence-corrected chi connectivity index (χ4v) is 3.22. The molecule has 1 fully saturated rings. The van der Waals surface area contributed by atoms with E-state index in [4.69, 9.17) is 4.74 Å². The van der Waals surface area contributed by atoms with Gasteiger partial charge in [0.15, 0.2) is 0 Å². The SMILES string of the molecule is O=C(Nc1ccccc1C(=O)NCCC[NH+]1CCOCC1)c1cc(F)cc(F)c1. The second-order valence-corrected chi connectivity index (χ2v) is 6.88. The largest absolute Gasteiger partial charge is 0.370 e. The van der Waals surface area contributed by atoms with Crippen LogP contribution in [0.5, 0.6) is 0 Å². The Morgan fingerprint density at radius 3 is 2.41 bits per heavy atom. The lowest BCUT2D eigenvalue weighted by Crippen LogP contribution is -3.14. The van der Waals surface area contributed by atoms with Gasteiger partial charge in [-0.05, 0) is 24.3 Å². The van der Waals surface area contributed by atoms with Crippen LogP contribution in [0.25, 0.3) is 0 Å². The Kier molecular flexibility index (Phi) is 7.26. The third-order valence-corrected chi connectivity index (χ3v) is 4.74. The highest BCUT2D eigenvalue weighted by Crippen LogP contribution is 2.17. The first-order valence-electron chi connectivity index (χ1n) is 9.59. The summed E-state index contributed by atoms with van der Waals surface area (Å²) in [6.07, 6.45) is 0.832. The summed E-state index contributed by atoms with van der Waals surface area (Å²) in [6.45, 7) is 4.95. The first kappa shape index (κ1) is 20.9. The van der Waals surface area contributed by atoms with E-state index in [0.717, 1.165) is 51.4 Å². The summed E-state index contributed by atoms with van der Waals surface area (Å²) in [5.74, 6) is -2.70. The Morgan fingerprint density at radius 1 is 1.00 bits per heavy atom. The molecule has 29 heavy (non-hydrogen) atoms. The molecule has 0 bridgehead atoms. The standard InChI is InChI=1S/C21H23F2N3O3/c22-16-12-15(13-17(23)14-16)20(27)25-19-5-2-1-4-18(19)21(28)24-6-3-7-26-8-10-29-11-9-26/h1-2,4-5,12-14H,3,6-11H2,(H,24,28)(H,25,27)/p+1. The van der Waals surface area contributed by atoms with Crippen LogP contribution in [0.4, 0.5) is 14.5 Å². The molecule has 0 saturated carbocycles. The van der Waals surface area contributed by atoms with Crippen LogP contribution in [0.15, 0.2) is 42.5 Å². The monoisotopic (exact) mass is 404 g/mol. The first-order valence-corrected chi connectivity index (χ1v) is 9.59. The third-order valence-electron chi connectivity index (χ3n) is 4.74. The molecular formula is C21H24F2N3O3+.